The predicted octanol–water partition coefficient (Wildman–Crippen LogP) is 3.31. The first kappa shape index (κ1) is 19.8. The SMILES string of the molecule is COc1ccc(-[n+]2noc([O-])c2SC(C)C(=O)Nc2cccc3ccccc23)cc1. The van der Waals surface area contributed by atoms with Gasteiger partial charge in [0.1, 0.15) is 5.75 Å². The van der Waals surface area contributed by atoms with Crippen LogP contribution in [-0.4, -0.2) is 23.5 Å². The third-order valence-electron chi connectivity index (χ3n) is 4.59. The van der Waals surface area contributed by atoms with Gasteiger partial charge in [0.15, 0.2) is 5.95 Å². The molecule has 7 nitrogen and oxygen atoms in total. The predicted molar refractivity (Wildman–Crippen MR) is 112 cm³/mol. The molecule has 152 valence electrons. The van der Waals surface area contributed by atoms with Crippen LogP contribution < -0.4 is 19.8 Å². The molecule has 3 aromatic carbocycles. The lowest BCUT2D eigenvalue weighted by Crippen LogP contribution is -2.36. The summed E-state index contributed by atoms with van der Waals surface area (Å²) in [7, 11) is 1.57. The van der Waals surface area contributed by atoms with Crippen LogP contribution in [0.4, 0.5) is 5.69 Å². The number of hydrogen-bond donors (Lipinski definition) is 1. The summed E-state index contributed by atoms with van der Waals surface area (Å²) in [5.74, 6) is -0.138. The van der Waals surface area contributed by atoms with E-state index in [2.05, 4.69) is 10.6 Å². The summed E-state index contributed by atoms with van der Waals surface area (Å²) in [5.41, 5.74) is 1.35. The summed E-state index contributed by atoms with van der Waals surface area (Å²) in [4.78, 5) is 12.8. The maximum Gasteiger partial charge on any atom is 0.298 e. The molecule has 0 radical (unpaired) electrons. The number of nitrogens with zero attached hydrogens (tertiary/aromatic N) is 2. The second-order valence-corrected chi connectivity index (χ2v) is 7.88. The van der Waals surface area contributed by atoms with Crippen molar-refractivity contribution in [2.75, 3.05) is 12.4 Å². The lowest BCUT2D eigenvalue weighted by atomic mass is 10.1. The number of carbonyl (C=O) groups is 1. The molecular weight excluding hydrogens is 402 g/mol. The summed E-state index contributed by atoms with van der Waals surface area (Å²) in [5, 5.41) is 20.6. The Hall–Kier alpha value is -3.52. The number of aromatic nitrogens is 2. The van der Waals surface area contributed by atoms with Gasteiger partial charge in [0, 0.05) is 23.2 Å². The van der Waals surface area contributed by atoms with Gasteiger partial charge in [-0.25, -0.2) is 0 Å². The normalized spacial score (nSPS) is 11.9. The van der Waals surface area contributed by atoms with Crippen molar-refractivity contribution in [1.82, 2.24) is 5.27 Å². The Morgan fingerprint density at radius 3 is 2.63 bits per heavy atom. The highest BCUT2D eigenvalue weighted by molar-refractivity contribution is 8.00. The summed E-state index contributed by atoms with van der Waals surface area (Å²) < 4.78 is 11.4. The molecule has 1 unspecified atom stereocenters. The Balaban J connectivity index is 1.54. The fourth-order valence-corrected chi connectivity index (χ4v) is 3.89. The molecule has 4 rings (SSSR count). The summed E-state index contributed by atoms with van der Waals surface area (Å²) >= 11 is 1.09. The molecule has 0 aliphatic carbocycles. The molecule has 1 N–H and O–H groups in total. The smallest absolute Gasteiger partial charge is 0.298 e. The zero-order valence-corrected chi connectivity index (χ0v) is 17.2. The molecule has 1 amide bonds. The first-order valence-electron chi connectivity index (χ1n) is 9.25. The van der Waals surface area contributed by atoms with Crippen molar-refractivity contribution in [2.24, 2.45) is 0 Å². The Morgan fingerprint density at radius 2 is 1.87 bits per heavy atom. The van der Waals surface area contributed by atoms with Gasteiger partial charge in [-0.15, -0.1) is 0 Å². The van der Waals surface area contributed by atoms with E-state index in [1.165, 1.54) is 4.68 Å². The first-order chi connectivity index (χ1) is 14.6. The number of hydrogen-bond acceptors (Lipinski definition) is 6. The first-order valence-corrected chi connectivity index (χ1v) is 10.1. The Labute approximate surface area is 177 Å². The van der Waals surface area contributed by atoms with E-state index in [0.717, 1.165) is 28.2 Å². The zero-order valence-electron chi connectivity index (χ0n) is 16.4. The van der Waals surface area contributed by atoms with Crippen LogP contribution in [0.3, 0.4) is 0 Å². The lowest BCUT2D eigenvalue weighted by molar-refractivity contribution is -0.705. The number of methoxy groups -OCH3 is 1. The van der Waals surface area contributed by atoms with Crippen molar-refractivity contribution in [3.05, 3.63) is 66.7 Å². The number of rotatable bonds is 6. The quantitative estimate of drug-likeness (QED) is 0.379. The molecular formula is C22H19N3O4S. The molecule has 0 saturated carbocycles. The van der Waals surface area contributed by atoms with E-state index in [0.29, 0.717) is 11.4 Å². The van der Waals surface area contributed by atoms with E-state index < -0.39 is 11.2 Å². The third-order valence-corrected chi connectivity index (χ3v) is 5.73. The number of benzene rings is 3. The van der Waals surface area contributed by atoms with Crippen LogP contribution in [0.15, 0.2) is 76.3 Å². The van der Waals surface area contributed by atoms with Gasteiger partial charge < -0.3 is 19.7 Å². The van der Waals surface area contributed by atoms with Crippen LogP contribution >= 0.6 is 11.8 Å². The number of ether oxygens (including phenoxy) is 1. The van der Waals surface area contributed by atoms with Crippen molar-refractivity contribution in [2.45, 2.75) is 17.2 Å². The molecule has 30 heavy (non-hydrogen) atoms. The maximum atomic E-state index is 12.8. The zero-order chi connectivity index (χ0) is 21.1. The minimum atomic E-state index is -0.597. The fraction of sp³-hybridized carbons (Fsp3) is 0.136. The van der Waals surface area contributed by atoms with Crippen molar-refractivity contribution in [3.63, 3.8) is 0 Å². The molecule has 1 atom stereocenters. The van der Waals surface area contributed by atoms with Crippen molar-refractivity contribution >= 4 is 34.1 Å². The maximum absolute atomic E-state index is 12.8. The molecule has 0 bridgehead atoms. The molecule has 0 aliphatic rings. The number of amides is 1. The average molecular weight is 421 g/mol. The third kappa shape index (κ3) is 3.95. The van der Waals surface area contributed by atoms with Crippen LogP contribution in [-0.2, 0) is 4.79 Å². The van der Waals surface area contributed by atoms with Gasteiger partial charge in [-0.05, 0) is 47.0 Å². The fourth-order valence-electron chi connectivity index (χ4n) is 3.02. The molecule has 0 spiro atoms. The van der Waals surface area contributed by atoms with Gasteiger partial charge >= 0.3 is 0 Å². The van der Waals surface area contributed by atoms with Gasteiger partial charge in [-0.1, -0.05) is 36.4 Å². The van der Waals surface area contributed by atoms with E-state index in [1.807, 2.05) is 42.5 Å². The van der Waals surface area contributed by atoms with E-state index in [1.54, 1.807) is 38.3 Å². The number of carbonyl (C=O) groups excluding carboxylic acids is 1. The van der Waals surface area contributed by atoms with Crippen molar-refractivity contribution < 1.29 is 23.8 Å². The summed E-state index contributed by atoms with van der Waals surface area (Å²) in [6, 6.07) is 20.6. The monoisotopic (exact) mass is 421 g/mol. The van der Waals surface area contributed by atoms with Crippen LogP contribution in [0, 0.1) is 0 Å². The van der Waals surface area contributed by atoms with Crippen LogP contribution in [0.25, 0.3) is 16.5 Å². The number of anilines is 1. The van der Waals surface area contributed by atoms with Crippen LogP contribution in [0.5, 0.6) is 11.7 Å². The topological polar surface area (TPSA) is 91.3 Å². The van der Waals surface area contributed by atoms with E-state index in [9.17, 15) is 9.90 Å². The standard InChI is InChI=1S/C22H19N3O4S/c1-14(20(26)23-19-9-5-7-15-6-3-4-8-18(15)19)30-21-22(27)29-24-25(21)16-10-12-17(28-2)13-11-16/h3-14H,1-2H3,(H-,23,24,26,27). The molecule has 0 aliphatic heterocycles. The Bertz CT molecular complexity index is 1190. The highest BCUT2D eigenvalue weighted by Crippen LogP contribution is 2.29. The van der Waals surface area contributed by atoms with Gasteiger partial charge in [0.25, 0.3) is 5.03 Å². The van der Waals surface area contributed by atoms with Crippen molar-refractivity contribution in [1.29, 1.82) is 0 Å². The van der Waals surface area contributed by atoms with Crippen LogP contribution in [0.2, 0.25) is 0 Å². The van der Waals surface area contributed by atoms with Crippen molar-refractivity contribution in [3.8, 4) is 17.4 Å². The van der Waals surface area contributed by atoms with Gasteiger partial charge in [0.05, 0.1) is 17.6 Å². The second-order valence-electron chi connectivity index (χ2n) is 6.55. The number of fused-ring (bicyclic) bond motifs is 1. The molecule has 4 aromatic rings. The molecule has 1 heterocycles. The van der Waals surface area contributed by atoms with E-state index in [-0.39, 0.29) is 10.9 Å². The number of nitrogens with one attached hydrogen (secondary N) is 1. The lowest BCUT2D eigenvalue weighted by Gasteiger charge is -2.12. The van der Waals surface area contributed by atoms with E-state index in [4.69, 9.17) is 9.26 Å². The molecule has 0 fully saturated rings. The second kappa shape index (κ2) is 8.46. The van der Waals surface area contributed by atoms with Gasteiger partial charge in [-0.3, -0.25) is 4.79 Å². The highest BCUT2D eigenvalue weighted by Gasteiger charge is 2.27. The molecule has 0 saturated heterocycles. The molecule has 1 aromatic heterocycles. The minimum Gasteiger partial charge on any atom is -0.538 e. The Kier molecular flexibility index (Phi) is 5.58. The summed E-state index contributed by atoms with van der Waals surface area (Å²) in [6.07, 6.45) is 0. The Morgan fingerprint density at radius 1 is 1.13 bits per heavy atom. The minimum absolute atomic E-state index is 0.223. The van der Waals surface area contributed by atoms with Gasteiger partial charge in [0.2, 0.25) is 11.6 Å². The summed E-state index contributed by atoms with van der Waals surface area (Å²) in [6.45, 7) is 1.73. The highest BCUT2D eigenvalue weighted by atomic mass is 32.2. The van der Waals surface area contributed by atoms with Gasteiger partial charge in [-0.2, -0.15) is 0 Å². The number of thioether (sulfide) groups is 1. The van der Waals surface area contributed by atoms with Crippen LogP contribution in [0.1, 0.15) is 6.92 Å². The molecule has 8 heteroatoms. The largest absolute Gasteiger partial charge is 0.538 e. The van der Waals surface area contributed by atoms with E-state index >= 15 is 0 Å². The average Bonchev–Trinajstić information content (AvgIpc) is 3.14.